The van der Waals surface area contributed by atoms with E-state index >= 15 is 0 Å². The van der Waals surface area contributed by atoms with Crippen LogP contribution in [0, 0.1) is 5.82 Å². The van der Waals surface area contributed by atoms with Gasteiger partial charge in [-0.1, -0.05) is 58.7 Å². The second-order valence-electron chi connectivity index (χ2n) is 6.06. The molecule has 0 saturated heterocycles. The van der Waals surface area contributed by atoms with Crippen LogP contribution in [0.25, 0.3) is 0 Å². The Morgan fingerprint density at radius 1 is 1.17 bits per heavy atom. The van der Waals surface area contributed by atoms with Crippen molar-refractivity contribution in [3.05, 3.63) is 81.3 Å². The molecule has 1 heterocycles. The molecule has 1 unspecified atom stereocenters. The van der Waals surface area contributed by atoms with Crippen LogP contribution in [0.2, 0.25) is 15.1 Å². The molecule has 0 spiro atoms. The van der Waals surface area contributed by atoms with Crippen LogP contribution in [-0.2, 0) is 12.3 Å². The number of rotatable bonds is 8. The summed E-state index contributed by atoms with van der Waals surface area (Å²) in [6.07, 6.45) is 1.28. The molecule has 0 saturated carbocycles. The molecule has 0 aliphatic carbocycles. The second-order valence-corrected chi connectivity index (χ2v) is 8.23. The van der Waals surface area contributed by atoms with Gasteiger partial charge in [0.05, 0.1) is 5.02 Å². The standard InChI is InChI=1S/C20H17Cl3FN3OS/c1-3-9-27-19(12(2)28-18-8-7-13(24)10-17(18)23)25-26-20(27)29-11-14-15(21)5-4-6-16(14)22/h3-8,10,12H,1,9,11H2,2H3. The fourth-order valence-electron chi connectivity index (χ4n) is 2.63. The Labute approximate surface area is 187 Å². The van der Waals surface area contributed by atoms with E-state index in [1.54, 1.807) is 24.3 Å². The highest BCUT2D eigenvalue weighted by molar-refractivity contribution is 7.98. The predicted molar refractivity (Wildman–Crippen MR) is 117 cm³/mol. The van der Waals surface area contributed by atoms with Gasteiger partial charge < -0.3 is 4.74 Å². The largest absolute Gasteiger partial charge is 0.481 e. The van der Waals surface area contributed by atoms with Crippen molar-refractivity contribution in [1.82, 2.24) is 14.8 Å². The molecule has 3 aromatic rings. The minimum Gasteiger partial charge on any atom is -0.481 e. The smallest absolute Gasteiger partial charge is 0.191 e. The third-order valence-electron chi connectivity index (χ3n) is 4.03. The van der Waals surface area contributed by atoms with Crippen LogP contribution >= 0.6 is 46.6 Å². The third kappa shape index (κ3) is 5.25. The van der Waals surface area contributed by atoms with E-state index in [0.29, 0.717) is 39.1 Å². The fraction of sp³-hybridized carbons (Fsp3) is 0.200. The first-order valence-corrected chi connectivity index (χ1v) is 10.7. The summed E-state index contributed by atoms with van der Waals surface area (Å²) in [6.45, 7) is 6.11. The number of ether oxygens (including phenoxy) is 1. The number of benzene rings is 2. The maximum absolute atomic E-state index is 13.3. The summed E-state index contributed by atoms with van der Waals surface area (Å²) in [6, 6.07) is 9.37. The van der Waals surface area contributed by atoms with Crippen LogP contribution < -0.4 is 4.74 Å². The average molecular weight is 473 g/mol. The molecule has 4 nitrogen and oxygen atoms in total. The Hall–Kier alpha value is -1.73. The minimum absolute atomic E-state index is 0.189. The summed E-state index contributed by atoms with van der Waals surface area (Å²) >= 11 is 20.0. The first-order chi connectivity index (χ1) is 13.9. The van der Waals surface area contributed by atoms with Crippen molar-refractivity contribution in [1.29, 1.82) is 0 Å². The van der Waals surface area contributed by atoms with Crippen LogP contribution in [0.1, 0.15) is 24.4 Å². The highest BCUT2D eigenvalue weighted by Crippen LogP contribution is 2.33. The predicted octanol–water partition coefficient (Wildman–Crippen LogP) is 7.00. The van der Waals surface area contributed by atoms with Gasteiger partial charge in [-0.05, 0) is 42.8 Å². The molecular formula is C20H17Cl3FN3OS. The Morgan fingerprint density at radius 3 is 2.55 bits per heavy atom. The minimum atomic E-state index is -0.469. The van der Waals surface area contributed by atoms with Gasteiger partial charge in [0.25, 0.3) is 0 Å². The number of allylic oxidation sites excluding steroid dienone is 1. The van der Waals surface area contributed by atoms with Crippen molar-refractivity contribution < 1.29 is 9.13 Å². The molecule has 3 rings (SSSR count). The van der Waals surface area contributed by atoms with E-state index < -0.39 is 11.9 Å². The van der Waals surface area contributed by atoms with Gasteiger partial charge in [0, 0.05) is 22.3 Å². The lowest BCUT2D eigenvalue weighted by molar-refractivity contribution is 0.210. The summed E-state index contributed by atoms with van der Waals surface area (Å²) in [5.41, 5.74) is 0.831. The zero-order valence-electron chi connectivity index (χ0n) is 15.4. The first kappa shape index (κ1) is 22.0. The quantitative estimate of drug-likeness (QED) is 0.261. The Morgan fingerprint density at radius 2 is 1.90 bits per heavy atom. The highest BCUT2D eigenvalue weighted by Gasteiger charge is 2.20. The molecule has 0 amide bonds. The normalized spacial score (nSPS) is 12.0. The molecule has 2 aromatic carbocycles. The first-order valence-electron chi connectivity index (χ1n) is 8.62. The summed E-state index contributed by atoms with van der Waals surface area (Å²) in [5, 5.41) is 10.6. The van der Waals surface area contributed by atoms with E-state index in [0.717, 1.165) is 5.56 Å². The van der Waals surface area contributed by atoms with Crippen molar-refractivity contribution in [2.24, 2.45) is 0 Å². The van der Waals surface area contributed by atoms with E-state index in [1.165, 1.54) is 30.0 Å². The third-order valence-corrected chi connectivity index (χ3v) is 6.02. The molecule has 0 bridgehead atoms. The number of halogens is 4. The molecule has 0 aliphatic heterocycles. The molecule has 0 fully saturated rings. The highest BCUT2D eigenvalue weighted by atomic mass is 35.5. The van der Waals surface area contributed by atoms with E-state index in [9.17, 15) is 4.39 Å². The van der Waals surface area contributed by atoms with Gasteiger partial charge in [0.2, 0.25) is 0 Å². The fourth-order valence-corrected chi connectivity index (χ4v) is 4.54. The van der Waals surface area contributed by atoms with Crippen molar-refractivity contribution in [3.63, 3.8) is 0 Å². The number of nitrogens with zero attached hydrogens (tertiary/aromatic N) is 3. The van der Waals surface area contributed by atoms with Gasteiger partial charge in [0.15, 0.2) is 17.1 Å². The van der Waals surface area contributed by atoms with E-state index in [-0.39, 0.29) is 5.02 Å². The van der Waals surface area contributed by atoms with Crippen LogP contribution in [0.15, 0.2) is 54.2 Å². The topological polar surface area (TPSA) is 39.9 Å². The summed E-state index contributed by atoms with van der Waals surface area (Å²) in [4.78, 5) is 0. The van der Waals surface area contributed by atoms with Crippen LogP contribution in [0.3, 0.4) is 0 Å². The summed E-state index contributed by atoms with van der Waals surface area (Å²) in [7, 11) is 0. The molecule has 1 aromatic heterocycles. The molecule has 152 valence electrons. The number of aromatic nitrogens is 3. The molecule has 0 aliphatic rings. The van der Waals surface area contributed by atoms with E-state index in [1.807, 2.05) is 11.5 Å². The van der Waals surface area contributed by atoms with Gasteiger partial charge in [-0.15, -0.1) is 16.8 Å². The van der Waals surface area contributed by atoms with Gasteiger partial charge in [-0.25, -0.2) is 4.39 Å². The molecule has 0 radical (unpaired) electrons. The zero-order valence-corrected chi connectivity index (χ0v) is 18.5. The summed E-state index contributed by atoms with van der Waals surface area (Å²) in [5.74, 6) is 1.07. The zero-order chi connectivity index (χ0) is 21.0. The van der Waals surface area contributed by atoms with E-state index in [2.05, 4.69) is 16.8 Å². The van der Waals surface area contributed by atoms with Crippen molar-refractivity contribution in [2.75, 3.05) is 0 Å². The maximum atomic E-state index is 13.3. The van der Waals surface area contributed by atoms with Crippen LogP contribution in [0.4, 0.5) is 4.39 Å². The molecule has 0 N–H and O–H groups in total. The van der Waals surface area contributed by atoms with Crippen molar-refractivity contribution in [2.45, 2.75) is 30.5 Å². The van der Waals surface area contributed by atoms with Crippen molar-refractivity contribution >= 4 is 46.6 Å². The SMILES string of the molecule is C=CCn1c(SCc2c(Cl)cccc2Cl)nnc1C(C)Oc1ccc(F)cc1Cl. The van der Waals surface area contributed by atoms with Gasteiger partial charge >= 0.3 is 0 Å². The molecule has 29 heavy (non-hydrogen) atoms. The number of hydrogen-bond acceptors (Lipinski definition) is 4. The Balaban J connectivity index is 1.81. The van der Waals surface area contributed by atoms with Crippen molar-refractivity contribution in [3.8, 4) is 5.75 Å². The Kier molecular flexibility index (Phi) is 7.46. The lowest BCUT2D eigenvalue weighted by Gasteiger charge is -2.16. The van der Waals surface area contributed by atoms with Gasteiger partial charge in [-0.3, -0.25) is 4.57 Å². The molecule has 1 atom stereocenters. The van der Waals surface area contributed by atoms with Crippen LogP contribution in [0.5, 0.6) is 5.75 Å². The van der Waals surface area contributed by atoms with Crippen LogP contribution in [-0.4, -0.2) is 14.8 Å². The lowest BCUT2D eigenvalue weighted by Crippen LogP contribution is -2.12. The van der Waals surface area contributed by atoms with Gasteiger partial charge in [0.1, 0.15) is 11.6 Å². The number of hydrogen-bond donors (Lipinski definition) is 0. The van der Waals surface area contributed by atoms with Gasteiger partial charge in [-0.2, -0.15) is 0 Å². The Bertz CT molecular complexity index is 1010. The molecule has 9 heteroatoms. The second kappa shape index (κ2) is 9.85. The maximum Gasteiger partial charge on any atom is 0.191 e. The van der Waals surface area contributed by atoms with E-state index in [4.69, 9.17) is 39.5 Å². The molecular weight excluding hydrogens is 456 g/mol. The summed E-state index contributed by atoms with van der Waals surface area (Å²) < 4.78 is 21.0. The lowest BCUT2D eigenvalue weighted by atomic mass is 10.2. The monoisotopic (exact) mass is 471 g/mol. The number of thioether (sulfide) groups is 1. The average Bonchev–Trinajstić information content (AvgIpc) is 3.07.